The highest BCUT2D eigenvalue weighted by molar-refractivity contribution is 7.10. The molecule has 1 heterocycles. The van der Waals surface area contributed by atoms with Crippen molar-refractivity contribution >= 4 is 28.2 Å². The fourth-order valence-electron chi connectivity index (χ4n) is 2.63. The van der Waals surface area contributed by atoms with Gasteiger partial charge in [-0.15, -0.1) is 11.3 Å². The minimum atomic E-state index is -0.296. The average Bonchev–Trinajstić information content (AvgIpc) is 2.71. The van der Waals surface area contributed by atoms with Gasteiger partial charge in [0.1, 0.15) is 0 Å². The highest BCUT2D eigenvalue weighted by atomic mass is 35.5. The van der Waals surface area contributed by atoms with Gasteiger partial charge in [-0.05, 0) is 47.8 Å². The van der Waals surface area contributed by atoms with Gasteiger partial charge in [0.2, 0.25) is 0 Å². The maximum atomic E-state index is 11.3. The lowest BCUT2D eigenvalue weighted by atomic mass is 9.70. The molecule has 0 amide bonds. The molecule has 0 unspecified atom stereocenters. The van der Waals surface area contributed by atoms with Crippen LogP contribution >= 0.6 is 22.9 Å². The van der Waals surface area contributed by atoms with E-state index in [-0.39, 0.29) is 5.24 Å². The average molecular weight is 271 g/mol. The molecule has 1 aliphatic carbocycles. The summed E-state index contributed by atoms with van der Waals surface area (Å²) in [6.07, 6.45) is 4.52. The van der Waals surface area contributed by atoms with E-state index in [1.54, 1.807) is 11.3 Å². The van der Waals surface area contributed by atoms with Crippen LogP contribution in [0.5, 0.6) is 0 Å². The molecule has 1 aromatic rings. The number of carbonyl (C=O) groups excluding carboxylic acids is 1. The highest BCUT2D eigenvalue weighted by Crippen LogP contribution is 2.42. The van der Waals surface area contributed by atoms with Crippen molar-refractivity contribution in [1.82, 2.24) is 0 Å². The molecule has 1 nitrogen and oxygen atoms in total. The van der Waals surface area contributed by atoms with Gasteiger partial charge in [-0.1, -0.05) is 27.2 Å². The first-order valence-corrected chi connectivity index (χ1v) is 7.50. The van der Waals surface area contributed by atoms with Crippen molar-refractivity contribution in [1.29, 1.82) is 0 Å². The SMILES string of the molecule is CCC(C)(C)[C@@H]1CCc2c(C(=O)Cl)csc2C1. The summed E-state index contributed by atoms with van der Waals surface area (Å²) in [5.41, 5.74) is 2.37. The van der Waals surface area contributed by atoms with Crippen LogP contribution in [0.3, 0.4) is 0 Å². The maximum absolute atomic E-state index is 11.3. The van der Waals surface area contributed by atoms with Crippen LogP contribution < -0.4 is 0 Å². The Kier molecular flexibility index (Phi) is 3.65. The van der Waals surface area contributed by atoms with Crippen molar-refractivity contribution in [2.45, 2.75) is 46.5 Å². The molecule has 0 radical (unpaired) electrons. The van der Waals surface area contributed by atoms with Gasteiger partial charge in [0, 0.05) is 15.8 Å². The molecular formula is C14H19ClOS. The molecule has 94 valence electrons. The van der Waals surface area contributed by atoms with E-state index in [4.69, 9.17) is 11.6 Å². The van der Waals surface area contributed by atoms with E-state index >= 15 is 0 Å². The largest absolute Gasteiger partial charge is 0.276 e. The summed E-state index contributed by atoms with van der Waals surface area (Å²) >= 11 is 7.31. The van der Waals surface area contributed by atoms with Gasteiger partial charge in [-0.2, -0.15) is 0 Å². The standard InChI is InChI=1S/C14H19ClOS/c1-4-14(2,3)9-5-6-10-11(13(15)16)8-17-12(10)7-9/h8-9H,4-7H2,1-3H3/t9-/m1/s1. The monoisotopic (exact) mass is 270 g/mol. The lowest BCUT2D eigenvalue weighted by Gasteiger charge is -2.36. The quantitative estimate of drug-likeness (QED) is 0.730. The Labute approximate surface area is 112 Å². The number of fused-ring (bicyclic) bond motifs is 1. The van der Waals surface area contributed by atoms with E-state index in [0.29, 0.717) is 5.41 Å². The zero-order valence-corrected chi connectivity index (χ0v) is 12.3. The first kappa shape index (κ1) is 13.1. The summed E-state index contributed by atoms with van der Waals surface area (Å²) in [4.78, 5) is 12.7. The molecule has 2 rings (SSSR count). The Hall–Kier alpha value is -0.340. The lowest BCUT2D eigenvalue weighted by Crippen LogP contribution is -2.28. The molecule has 0 aliphatic heterocycles. The van der Waals surface area contributed by atoms with Crippen LogP contribution in [-0.4, -0.2) is 5.24 Å². The van der Waals surface area contributed by atoms with Gasteiger partial charge in [-0.25, -0.2) is 0 Å². The van der Waals surface area contributed by atoms with E-state index in [1.807, 2.05) is 5.38 Å². The molecular weight excluding hydrogens is 252 g/mol. The second-order valence-corrected chi connectivity index (χ2v) is 6.91. The first-order valence-electron chi connectivity index (χ1n) is 6.24. The summed E-state index contributed by atoms with van der Waals surface area (Å²) in [7, 11) is 0. The van der Waals surface area contributed by atoms with Crippen molar-refractivity contribution in [3.63, 3.8) is 0 Å². The summed E-state index contributed by atoms with van der Waals surface area (Å²) in [5, 5.41) is 1.64. The van der Waals surface area contributed by atoms with Crippen LogP contribution in [0.25, 0.3) is 0 Å². The first-order chi connectivity index (χ1) is 7.95. The molecule has 0 bridgehead atoms. The van der Waals surface area contributed by atoms with Gasteiger partial charge in [0.05, 0.1) is 0 Å². The van der Waals surface area contributed by atoms with Crippen molar-refractivity contribution in [3.8, 4) is 0 Å². The number of hydrogen-bond donors (Lipinski definition) is 0. The third-order valence-corrected chi connectivity index (χ3v) is 5.64. The number of thiophene rings is 1. The highest BCUT2D eigenvalue weighted by Gasteiger charge is 2.33. The molecule has 0 spiro atoms. The van der Waals surface area contributed by atoms with Crippen molar-refractivity contribution < 1.29 is 4.79 Å². The molecule has 0 saturated heterocycles. The molecule has 0 aromatic carbocycles. The summed E-state index contributed by atoms with van der Waals surface area (Å²) in [5.74, 6) is 0.733. The molecule has 0 saturated carbocycles. The summed E-state index contributed by atoms with van der Waals surface area (Å²) < 4.78 is 0. The van der Waals surface area contributed by atoms with E-state index < -0.39 is 0 Å². The second-order valence-electron chi connectivity index (χ2n) is 5.61. The molecule has 1 atom stereocenters. The third kappa shape index (κ3) is 2.43. The lowest BCUT2D eigenvalue weighted by molar-refractivity contribution is 0.108. The Morgan fingerprint density at radius 1 is 1.59 bits per heavy atom. The molecule has 17 heavy (non-hydrogen) atoms. The molecule has 1 aromatic heterocycles. The zero-order valence-electron chi connectivity index (χ0n) is 10.7. The summed E-state index contributed by atoms with van der Waals surface area (Å²) in [6.45, 7) is 6.96. The third-order valence-electron chi connectivity index (χ3n) is 4.38. The number of rotatable bonds is 3. The topological polar surface area (TPSA) is 17.1 Å². The fraction of sp³-hybridized carbons (Fsp3) is 0.643. The predicted molar refractivity (Wildman–Crippen MR) is 74.1 cm³/mol. The van der Waals surface area contributed by atoms with Crippen LogP contribution in [0.1, 0.15) is 54.4 Å². The molecule has 3 heteroatoms. The van der Waals surface area contributed by atoms with Gasteiger partial charge in [0.15, 0.2) is 0 Å². The van der Waals surface area contributed by atoms with E-state index in [1.165, 1.54) is 23.3 Å². The Bertz CT molecular complexity index is 433. The van der Waals surface area contributed by atoms with Crippen molar-refractivity contribution in [2.75, 3.05) is 0 Å². The predicted octanol–water partition coefficient (Wildman–Crippen LogP) is 4.67. The van der Waals surface area contributed by atoms with Crippen molar-refractivity contribution in [2.24, 2.45) is 11.3 Å². The fourth-order valence-corrected chi connectivity index (χ4v) is 4.03. The normalized spacial score (nSPS) is 20.1. The Morgan fingerprint density at radius 3 is 2.88 bits per heavy atom. The van der Waals surface area contributed by atoms with Gasteiger partial charge >= 0.3 is 0 Å². The van der Waals surface area contributed by atoms with Crippen LogP contribution in [0.2, 0.25) is 0 Å². The molecule has 1 aliphatic rings. The van der Waals surface area contributed by atoms with Crippen LogP contribution in [0, 0.1) is 11.3 Å². The van der Waals surface area contributed by atoms with E-state index in [2.05, 4.69) is 20.8 Å². The van der Waals surface area contributed by atoms with Crippen LogP contribution in [0.4, 0.5) is 0 Å². The number of hydrogen-bond acceptors (Lipinski definition) is 2. The number of halogens is 1. The van der Waals surface area contributed by atoms with Crippen LogP contribution in [-0.2, 0) is 12.8 Å². The van der Waals surface area contributed by atoms with Gasteiger partial charge < -0.3 is 0 Å². The smallest absolute Gasteiger partial charge is 0.253 e. The minimum Gasteiger partial charge on any atom is -0.276 e. The van der Waals surface area contributed by atoms with Gasteiger partial charge in [0.25, 0.3) is 5.24 Å². The molecule has 0 fully saturated rings. The zero-order chi connectivity index (χ0) is 12.6. The van der Waals surface area contributed by atoms with E-state index in [0.717, 1.165) is 24.3 Å². The maximum Gasteiger partial charge on any atom is 0.253 e. The molecule has 0 N–H and O–H groups in total. The minimum absolute atomic E-state index is 0.296. The Morgan fingerprint density at radius 2 is 2.29 bits per heavy atom. The summed E-state index contributed by atoms with van der Waals surface area (Å²) in [6, 6.07) is 0. The van der Waals surface area contributed by atoms with Crippen molar-refractivity contribution in [3.05, 3.63) is 21.4 Å². The van der Waals surface area contributed by atoms with Crippen LogP contribution in [0.15, 0.2) is 5.38 Å². The Balaban J connectivity index is 2.24. The number of carbonyl (C=O) groups is 1. The van der Waals surface area contributed by atoms with Gasteiger partial charge in [-0.3, -0.25) is 4.79 Å². The second kappa shape index (κ2) is 4.74. The van der Waals surface area contributed by atoms with E-state index in [9.17, 15) is 4.79 Å².